The number of hydrogen-bond donors (Lipinski definition) is 4. The first kappa shape index (κ1) is 29.1. The Hall–Kier alpha value is -3.42. The Labute approximate surface area is 244 Å². The Kier molecular flexibility index (Phi) is 8.13. The summed E-state index contributed by atoms with van der Waals surface area (Å²) in [5, 5.41) is 23.4. The number of piperidine rings is 1. The van der Waals surface area contributed by atoms with Gasteiger partial charge in [-0.15, -0.1) is 11.3 Å². The quantitative estimate of drug-likeness (QED) is 0.349. The maximum atomic E-state index is 14.7. The minimum atomic E-state index is -1.08. The van der Waals surface area contributed by atoms with Crippen LogP contribution < -0.4 is 21.7 Å². The highest BCUT2D eigenvalue weighted by atomic mass is 32.1. The van der Waals surface area contributed by atoms with Gasteiger partial charge >= 0.3 is 0 Å². The van der Waals surface area contributed by atoms with Crippen molar-refractivity contribution in [2.24, 2.45) is 17.4 Å². The highest BCUT2D eigenvalue weighted by molar-refractivity contribution is 7.16. The van der Waals surface area contributed by atoms with E-state index in [0.29, 0.717) is 54.9 Å². The number of carbonyl (C=O) groups is 1. The van der Waals surface area contributed by atoms with E-state index in [9.17, 15) is 19.6 Å². The molecule has 2 aliphatic carbocycles. The number of aromatic nitrogens is 1. The van der Waals surface area contributed by atoms with E-state index in [0.717, 1.165) is 34.9 Å². The summed E-state index contributed by atoms with van der Waals surface area (Å²) in [5.41, 5.74) is 14.6. The molecular weight excluding hydrogens is 539 g/mol. The fourth-order valence-electron chi connectivity index (χ4n) is 5.73. The van der Waals surface area contributed by atoms with Crippen LogP contribution >= 0.6 is 11.3 Å². The van der Waals surface area contributed by atoms with Crippen molar-refractivity contribution in [2.75, 3.05) is 18.0 Å². The predicted octanol–water partition coefficient (Wildman–Crippen LogP) is 4.72. The molecule has 1 amide bonds. The number of nitrogens with zero attached hydrogens (tertiary/aromatic N) is 3. The summed E-state index contributed by atoms with van der Waals surface area (Å²) in [7, 11) is 0. The zero-order chi connectivity index (χ0) is 29.4. The lowest BCUT2D eigenvalue weighted by atomic mass is 9.75. The number of alkyl halides is 1. The van der Waals surface area contributed by atoms with Gasteiger partial charge in [-0.25, -0.2) is 9.37 Å². The van der Waals surface area contributed by atoms with Gasteiger partial charge in [0, 0.05) is 36.3 Å². The zero-order valence-electron chi connectivity index (χ0n) is 23.7. The van der Waals surface area contributed by atoms with Crippen molar-refractivity contribution in [2.45, 2.75) is 82.0 Å². The molecule has 218 valence electrons. The number of nitrogens with two attached hydrogens (primary N) is 2. The summed E-state index contributed by atoms with van der Waals surface area (Å²) >= 11 is 1.45. The number of rotatable bonds is 7. The van der Waals surface area contributed by atoms with Gasteiger partial charge in [0.2, 0.25) is 5.91 Å². The molecule has 6 N–H and O–H groups in total. The predicted molar refractivity (Wildman–Crippen MR) is 160 cm³/mol. The number of allylic oxidation sites excluding steroid dienone is 3. The van der Waals surface area contributed by atoms with E-state index in [1.165, 1.54) is 11.3 Å². The van der Waals surface area contributed by atoms with E-state index in [1.54, 1.807) is 19.1 Å². The van der Waals surface area contributed by atoms with Gasteiger partial charge < -0.3 is 26.8 Å². The summed E-state index contributed by atoms with van der Waals surface area (Å²) in [6.45, 7) is 5.23. The van der Waals surface area contributed by atoms with E-state index >= 15 is 0 Å². The van der Waals surface area contributed by atoms with Crippen molar-refractivity contribution in [3.05, 3.63) is 52.8 Å². The summed E-state index contributed by atoms with van der Waals surface area (Å²) < 4.78 is 14.7. The minimum Gasteiger partial charge on any atom is -0.402 e. The van der Waals surface area contributed by atoms with Crippen LogP contribution in [0.3, 0.4) is 0 Å². The summed E-state index contributed by atoms with van der Waals surface area (Å²) in [5.74, 6) is -1.21. The smallest absolute Gasteiger partial charge is 0.225 e. The molecule has 41 heavy (non-hydrogen) atoms. The largest absolute Gasteiger partial charge is 0.402 e. The number of halogens is 1. The number of nitrogens with one attached hydrogen (secondary N) is 1. The van der Waals surface area contributed by atoms with E-state index in [2.05, 4.69) is 40.6 Å². The third-order valence-corrected chi connectivity index (χ3v) is 9.73. The van der Waals surface area contributed by atoms with Crippen LogP contribution in [-0.2, 0) is 4.79 Å². The average molecular weight is 579 g/mol. The Bertz CT molecular complexity index is 1370. The molecule has 1 unspecified atom stereocenters. The number of aliphatic hydroxyl groups is 1. The van der Waals surface area contributed by atoms with Crippen LogP contribution in [0.25, 0.3) is 16.1 Å². The molecule has 5 rings (SSSR count). The number of amides is 1. The summed E-state index contributed by atoms with van der Waals surface area (Å²) in [4.78, 5) is 21.6. The Morgan fingerprint density at radius 3 is 2.49 bits per heavy atom. The van der Waals surface area contributed by atoms with Crippen LogP contribution in [0, 0.1) is 17.2 Å². The van der Waals surface area contributed by atoms with Crippen LogP contribution in [-0.4, -0.2) is 46.4 Å². The van der Waals surface area contributed by atoms with Gasteiger partial charge in [-0.05, 0) is 88.6 Å². The van der Waals surface area contributed by atoms with Crippen molar-refractivity contribution < 1.29 is 14.3 Å². The number of nitriles is 1. The first-order valence-electron chi connectivity index (χ1n) is 14.3. The molecule has 1 aromatic carbocycles. The SMILES string of the molecule is C/C(N)=C/C=C(\N)c1nc([C@@H]2CC[C@H](F)CC2C(=O)NC2(C#N)CC2)c(-c2ccc(N3CCC(C)(O)CC3)cc2)s1. The maximum Gasteiger partial charge on any atom is 0.225 e. The van der Waals surface area contributed by atoms with Crippen molar-refractivity contribution in [1.82, 2.24) is 10.3 Å². The van der Waals surface area contributed by atoms with Crippen LogP contribution in [0.15, 0.2) is 42.1 Å². The standard InChI is InChI=1S/C31H39FN6O2S/c1-19(34)3-10-25(35)29-36-26(23-9-6-21(32)17-24(23)28(39)37-31(18-33)11-12-31)27(41-29)20-4-7-22(8-5-20)38-15-13-30(2,40)14-16-38/h3-5,7-8,10,21,23-24,40H,6,9,11-17,34-35H2,1-2H3,(H,37,39)/b19-3-,25-10-/t21-,23+,24?/m0/s1. The molecule has 0 bridgehead atoms. The Morgan fingerprint density at radius 2 is 1.88 bits per heavy atom. The molecule has 3 fully saturated rings. The van der Waals surface area contributed by atoms with Gasteiger partial charge in [-0.3, -0.25) is 4.79 Å². The van der Waals surface area contributed by atoms with Gasteiger partial charge in [-0.1, -0.05) is 12.1 Å². The fraction of sp³-hybridized carbons (Fsp3) is 0.516. The monoisotopic (exact) mass is 578 g/mol. The topological polar surface area (TPSA) is 141 Å². The van der Waals surface area contributed by atoms with E-state index in [-0.39, 0.29) is 18.2 Å². The van der Waals surface area contributed by atoms with Crippen LogP contribution in [0.4, 0.5) is 10.1 Å². The molecular formula is C31H39FN6O2S. The van der Waals surface area contributed by atoms with Crippen LogP contribution in [0.1, 0.15) is 75.4 Å². The maximum absolute atomic E-state index is 14.7. The molecule has 2 saturated carbocycles. The van der Waals surface area contributed by atoms with Crippen molar-refractivity contribution in [3.8, 4) is 16.5 Å². The number of carbonyl (C=O) groups excluding carboxylic acids is 1. The van der Waals surface area contributed by atoms with E-state index in [1.807, 2.05) is 6.92 Å². The average Bonchev–Trinajstić information content (AvgIpc) is 3.58. The van der Waals surface area contributed by atoms with Gasteiger partial charge in [0.1, 0.15) is 16.7 Å². The number of benzene rings is 1. The molecule has 0 radical (unpaired) electrons. The van der Waals surface area contributed by atoms with Crippen molar-refractivity contribution in [1.29, 1.82) is 5.26 Å². The highest BCUT2D eigenvalue weighted by Crippen LogP contribution is 2.46. The zero-order valence-corrected chi connectivity index (χ0v) is 24.5. The Balaban J connectivity index is 1.49. The van der Waals surface area contributed by atoms with Crippen LogP contribution in [0.2, 0.25) is 0 Å². The molecule has 1 aromatic heterocycles. The lowest BCUT2D eigenvalue weighted by molar-refractivity contribution is -0.128. The molecule has 1 saturated heterocycles. The third kappa shape index (κ3) is 6.57. The van der Waals surface area contributed by atoms with E-state index < -0.39 is 23.2 Å². The number of thiazole rings is 1. The molecule has 8 nitrogen and oxygen atoms in total. The lowest BCUT2D eigenvalue weighted by Gasteiger charge is -2.37. The molecule has 10 heteroatoms. The van der Waals surface area contributed by atoms with Gasteiger partial charge in [0.05, 0.1) is 27.9 Å². The third-order valence-electron chi connectivity index (χ3n) is 8.56. The molecule has 3 atom stereocenters. The first-order chi connectivity index (χ1) is 19.5. The van der Waals surface area contributed by atoms with Crippen molar-refractivity contribution >= 4 is 28.6 Å². The second-order valence-electron chi connectivity index (χ2n) is 12.1. The van der Waals surface area contributed by atoms with E-state index in [4.69, 9.17) is 16.5 Å². The molecule has 3 aliphatic rings. The highest BCUT2D eigenvalue weighted by Gasteiger charge is 2.48. The first-order valence-corrected chi connectivity index (χ1v) is 15.2. The summed E-state index contributed by atoms with van der Waals surface area (Å²) in [6.07, 6.45) is 5.97. The number of anilines is 1. The van der Waals surface area contributed by atoms with Crippen LogP contribution in [0.5, 0.6) is 0 Å². The molecule has 1 aliphatic heterocycles. The molecule has 2 heterocycles. The minimum absolute atomic E-state index is 0.0996. The Morgan fingerprint density at radius 1 is 1.20 bits per heavy atom. The van der Waals surface area contributed by atoms with Crippen molar-refractivity contribution in [3.63, 3.8) is 0 Å². The lowest BCUT2D eigenvalue weighted by Crippen LogP contribution is -2.44. The second kappa shape index (κ2) is 11.5. The summed E-state index contributed by atoms with van der Waals surface area (Å²) in [6, 6.07) is 10.5. The molecule has 0 spiro atoms. The van der Waals surface area contributed by atoms with Gasteiger partial charge in [-0.2, -0.15) is 5.26 Å². The second-order valence-corrected chi connectivity index (χ2v) is 13.1. The number of hydrogen-bond acceptors (Lipinski definition) is 8. The molecule has 2 aromatic rings. The van der Waals surface area contributed by atoms with Gasteiger partial charge in [0.15, 0.2) is 0 Å². The normalized spacial score (nSPS) is 25.8. The fourth-order valence-corrected chi connectivity index (χ4v) is 6.81. The van der Waals surface area contributed by atoms with Gasteiger partial charge in [0.25, 0.3) is 0 Å².